The largest absolute Gasteiger partial charge is 0.337 e. The zero-order chi connectivity index (χ0) is 14.6. The molecule has 1 heterocycles. The van der Waals surface area contributed by atoms with Gasteiger partial charge in [-0.1, -0.05) is 24.3 Å². The summed E-state index contributed by atoms with van der Waals surface area (Å²) in [6.45, 7) is 0.672. The van der Waals surface area contributed by atoms with Crippen LogP contribution in [-0.4, -0.2) is 23.6 Å². The Morgan fingerprint density at radius 3 is 2.29 bits per heavy atom. The van der Waals surface area contributed by atoms with E-state index >= 15 is 0 Å². The molecule has 1 aliphatic heterocycles. The average Bonchev–Trinajstić information content (AvgIpc) is 3.00. The van der Waals surface area contributed by atoms with Crippen LogP contribution >= 0.6 is 0 Å². The molecule has 4 rings (SSSR count). The van der Waals surface area contributed by atoms with Crippen LogP contribution in [0.2, 0.25) is 0 Å². The number of hydrogen-bond donors (Lipinski definition) is 0. The van der Waals surface area contributed by atoms with Gasteiger partial charge in [0.25, 0.3) is 5.91 Å². The molecule has 2 aliphatic rings. The van der Waals surface area contributed by atoms with Crippen molar-refractivity contribution >= 4 is 11.7 Å². The Morgan fingerprint density at radius 2 is 1.52 bits per heavy atom. The zero-order valence-corrected chi connectivity index (χ0v) is 11.8. The van der Waals surface area contributed by atoms with E-state index in [4.69, 9.17) is 0 Å². The van der Waals surface area contributed by atoms with Crippen molar-refractivity contribution < 1.29 is 9.59 Å². The first kappa shape index (κ1) is 12.3. The average molecular weight is 277 g/mol. The van der Waals surface area contributed by atoms with E-state index in [9.17, 15) is 9.59 Å². The topological polar surface area (TPSA) is 37.4 Å². The summed E-state index contributed by atoms with van der Waals surface area (Å²) in [5.41, 5.74) is 6.13. The summed E-state index contributed by atoms with van der Waals surface area (Å²) in [6, 6.07) is 12.1. The minimum Gasteiger partial charge on any atom is -0.337 e. The highest BCUT2D eigenvalue weighted by Gasteiger charge is 2.25. The van der Waals surface area contributed by atoms with Crippen LogP contribution in [0.25, 0.3) is 11.1 Å². The highest BCUT2D eigenvalue weighted by Crippen LogP contribution is 2.31. The molecule has 3 heteroatoms. The number of rotatable bonds is 1. The molecule has 2 aromatic rings. The molecule has 0 unspecified atom stereocenters. The lowest BCUT2D eigenvalue weighted by atomic mass is 9.97. The molecule has 21 heavy (non-hydrogen) atoms. The molecule has 0 spiro atoms. The first-order valence-electron chi connectivity index (χ1n) is 7.18. The van der Waals surface area contributed by atoms with Crippen molar-refractivity contribution in [1.29, 1.82) is 0 Å². The van der Waals surface area contributed by atoms with Gasteiger partial charge < -0.3 is 4.90 Å². The lowest BCUT2D eigenvalue weighted by molar-refractivity contribution is 0.0816. The summed E-state index contributed by atoms with van der Waals surface area (Å²) < 4.78 is 0. The molecule has 0 aromatic heterocycles. The first-order valence-corrected chi connectivity index (χ1v) is 7.18. The monoisotopic (exact) mass is 277 g/mol. The third-order valence-corrected chi connectivity index (χ3v) is 4.45. The number of ketones is 1. The van der Waals surface area contributed by atoms with Gasteiger partial charge in [-0.2, -0.15) is 0 Å². The Bertz CT molecular complexity index is 792. The maximum absolute atomic E-state index is 11.9. The molecule has 0 radical (unpaired) electrons. The molecule has 0 atom stereocenters. The molecule has 3 nitrogen and oxygen atoms in total. The lowest BCUT2D eigenvalue weighted by Crippen LogP contribution is -2.17. The van der Waals surface area contributed by atoms with Crippen LogP contribution in [0.5, 0.6) is 0 Å². The van der Waals surface area contributed by atoms with E-state index in [1.54, 1.807) is 4.90 Å². The number of aryl methyl sites for hydroxylation is 1. The van der Waals surface area contributed by atoms with Crippen molar-refractivity contribution in [3.05, 3.63) is 58.7 Å². The second-order valence-corrected chi connectivity index (χ2v) is 5.83. The van der Waals surface area contributed by atoms with Gasteiger partial charge >= 0.3 is 0 Å². The van der Waals surface area contributed by atoms with Crippen LogP contribution in [-0.2, 0) is 13.0 Å². The smallest absolute Gasteiger partial charge is 0.254 e. The highest BCUT2D eigenvalue weighted by atomic mass is 16.2. The molecule has 0 saturated carbocycles. The summed E-state index contributed by atoms with van der Waals surface area (Å²) in [6.07, 6.45) is 1.47. The van der Waals surface area contributed by atoms with Crippen molar-refractivity contribution in [1.82, 2.24) is 4.90 Å². The summed E-state index contributed by atoms with van der Waals surface area (Å²) in [5, 5.41) is 0. The second kappa shape index (κ2) is 4.29. The number of nitrogens with zero attached hydrogens (tertiary/aromatic N) is 1. The maximum atomic E-state index is 11.9. The summed E-state index contributed by atoms with van der Waals surface area (Å²) in [4.78, 5) is 25.4. The van der Waals surface area contributed by atoms with E-state index in [0.717, 1.165) is 39.8 Å². The van der Waals surface area contributed by atoms with E-state index in [-0.39, 0.29) is 11.7 Å². The SMILES string of the molecule is CN1Cc2cc(-c3ccc4c(c3)CCC4=O)ccc2C1=O. The highest BCUT2D eigenvalue weighted by molar-refractivity contribution is 6.01. The second-order valence-electron chi connectivity index (χ2n) is 5.83. The van der Waals surface area contributed by atoms with Crippen molar-refractivity contribution in [2.45, 2.75) is 19.4 Å². The van der Waals surface area contributed by atoms with E-state index in [1.807, 2.05) is 31.3 Å². The Morgan fingerprint density at radius 1 is 0.857 bits per heavy atom. The van der Waals surface area contributed by atoms with E-state index in [2.05, 4.69) is 12.1 Å². The third kappa shape index (κ3) is 1.81. The van der Waals surface area contributed by atoms with Crippen molar-refractivity contribution in [3.8, 4) is 11.1 Å². The number of carbonyl (C=O) groups excluding carboxylic acids is 2. The first-order chi connectivity index (χ1) is 10.1. The Hall–Kier alpha value is -2.42. The Balaban J connectivity index is 1.77. The molecular formula is C18H15NO2. The van der Waals surface area contributed by atoms with Crippen LogP contribution in [0.1, 0.15) is 38.3 Å². The molecule has 1 aliphatic carbocycles. The molecule has 0 fully saturated rings. The van der Waals surface area contributed by atoms with E-state index < -0.39 is 0 Å². The number of carbonyl (C=O) groups is 2. The van der Waals surface area contributed by atoms with Gasteiger partial charge in [0, 0.05) is 31.1 Å². The molecule has 1 amide bonds. The number of Topliss-reactive ketones (excluding diaryl/α,β-unsaturated/α-hetero) is 1. The van der Waals surface area contributed by atoms with Gasteiger partial charge in [-0.3, -0.25) is 9.59 Å². The zero-order valence-electron chi connectivity index (χ0n) is 11.8. The van der Waals surface area contributed by atoms with Crippen LogP contribution in [0.4, 0.5) is 0 Å². The van der Waals surface area contributed by atoms with Crippen molar-refractivity contribution in [2.24, 2.45) is 0 Å². The summed E-state index contributed by atoms with van der Waals surface area (Å²) >= 11 is 0. The van der Waals surface area contributed by atoms with Gasteiger partial charge in [0.15, 0.2) is 5.78 Å². The predicted octanol–water partition coefficient (Wildman–Crippen LogP) is 3.07. The summed E-state index contributed by atoms with van der Waals surface area (Å²) in [7, 11) is 1.82. The number of fused-ring (bicyclic) bond motifs is 2. The minimum absolute atomic E-state index is 0.0936. The maximum Gasteiger partial charge on any atom is 0.254 e. The van der Waals surface area contributed by atoms with Gasteiger partial charge in [-0.05, 0) is 40.8 Å². The lowest BCUT2D eigenvalue weighted by Gasteiger charge is -2.06. The quantitative estimate of drug-likeness (QED) is 0.803. The van der Waals surface area contributed by atoms with Gasteiger partial charge in [0.1, 0.15) is 0 Å². The van der Waals surface area contributed by atoms with Gasteiger partial charge in [0.2, 0.25) is 0 Å². The number of benzene rings is 2. The van der Waals surface area contributed by atoms with Gasteiger partial charge in [-0.15, -0.1) is 0 Å². The third-order valence-electron chi connectivity index (χ3n) is 4.45. The fourth-order valence-corrected chi connectivity index (χ4v) is 3.28. The normalized spacial score (nSPS) is 16.3. The Labute approximate surface area is 123 Å². The van der Waals surface area contributed by atoms with Crippen LogP contribution in [0.3, 0.4) is 0 Å². The molecule has 0 bridgehead atoms. The molecule has 0 N–H and O–H groups in total. The molecule has 0 saturated heterocycles. The van der Waals surface area contributed by atoms with Crippen LogP contribution in [0, 0.1) is 0 Å². The Kier molecular flexibility index (Phi) is 2.52. The number of amides is 1. The fraction of sp³-hybridized carbons (Fsp3) is 0.222. The van der Waals surface area contributed by atoms with Crippen LogP contribution < -0.4 is 0 Å². The predicted molar refractivity (Wildman–Crippen MR) is 80.3 cm³/mol. The van der Waals surface area contributed by atoms with E-state index in [0.29, 0.717) is 13.0 Å². The summed E-state index contributed by atoms with van der Waals surface area (Å²) in [5.74, 6) is 0.342. The van der Waals surface area contributed by atoms with Gasteiger partial charge in [-0.25, -0.2) is 0 Å². The minimum atomic E-state index is 0.0936. The van der Waals surface area contributed by atoms with E-state index in [1.165, 1.54) is 0 Å². The molecule has 104 valence electrons. The fourth-order valence-electron chi connectivity index (χ4n) is 3.28. The van der Waals surface area contributed by atoms with Crippen molar-refractivity contribution in [2.75, 3.05) is 7.05 Å². The standard InChI is InChI=1S/C18H15NO2/c1-19-10-14-9-12(3-6-16(14)18(19)21)11-2-5-15-13(8-11)4-7-17(15)20/h2-3,5-6,8-9H,4,7,10H2,1H3. The van der Waals surface area contributed by atoms with Crippen molar-refractivity contribution in [3.63, 3.8) is 0 Å². The molecular weight excluding hydrogens is 262 g/mol. The van der Waals surface area contributed by atoms with Crippen LogP contribution in [0.15, 0.2) is 36.4 Å². The van der Waals surface area contributed by atoms with Gasteiger partial charge in [0.05, 0.1) is 0 Å². The number of hydrogen-bond acceptors (Lipinski definition) is 2. The molecule has 2 aromatic carbocycles.